The van der Waals surface area contributed by atoms with E-state index in [0.29, 0.717) is 5.39 Å². The minimum atomic E-state index is -4.76. The molecule has 0 aliphatic heterocycles. The molecule has 0 amide bonds. The van der Waals surface area contributed by atoms with Crippen LogP contribution in [0.15, 0.2) is 30.3 Å². The third-order valence-corrected chi connectivity index (χ3v) is 2.13. The summed E-state index contributed by atoms with van der Waals surface area (Å²) in [6.45, 7) is -0.337. The number of hydrogen-bond acceptors (Lipinski definition) is 3. The second-order valence-corrected chi connectivity index (χ2v) is 3.34. The molecule has 1 heterocycles. The van der Waals surface area contributed by atoms with Crippen molar-refractivity contribution in [2.75, 3.05) is 0 Å². The summed E-state index contributed by atoms with van der Waals surface area (Å²) in [4.78, 5) is 3.90. The lowest BCUT2D eigenvalue weighted by molar-refractivity contribution is -0.274. The number of benzene rings is 1. The maximum Gasteiger partial charge on any atom is 0.573 e. The van der Waals surface area contributed by atoms with Crippen molar-refractivity contribution < 1.29 is 23.0 Å². The van der Waals surface area contributed by atoms with E-state index in [1.54, 1.807) is 18.2 Å². The molecule has 0 unspecified atom stereocenters. The van der Waals surface area contributed by atoms with Gasteiger partial charge in [-0.1, -0.05) is 18.2 Å². The molecule has 0 fully saturated rings. The van der Waals surface area contributed by atoms with E-state index >= 15 is 0 Å². The van der Waals surface area contributed by atoms with Gasteiger partial charge in [-0.15, -0.1) is 13.2 Å². The predicted octanol–water partition coefficient (Wildman–Crippen LogP) is 2.63. The molecule has 0 saturated carbocycles. The Hall–Kier alpha value is -1.82. The Morgan fingerprint density at radius 1 is 1.18 bits per heavy atom. The van der Waals surface area contributed by atoms with E-state index < -0.39 is 6.36 Å². The average Bonchev–Trinajstić information content (AvgIpc) is 2.27. The highest BCUT2D eigenvalue weighted by Gasteiger charge is 2.32. The lowest BCUT2D eigenvalue weighted by atomic mass is 10.2. The Morgan fingerprint density at radius 3 is 2.59 bits per heavy atom. The van der Waals surface area contributed by atoms with Gasteiger partial charge >= 0.3 is 6.36 Å². The monoisotopic (exact) mass is 243 g/mol. The van der Waals surface area contributed by atoms with Gasteiger partial charge in [0.05, 0.1) is 12.3 Å². The first kappa shape index (κ1) is 11.7. The summed E-state index contributed by atoms with van der Waals surface area (Å²) in [5.41, 5.74) is 0.368. The number of alkyl halides is 3. The summed E-state index contributed by atoms with van der Waals surface area (Å²) in [7, 11) is 0. The molecule has 2 rings (SSSR count). The Morgan fingerprint density at radius 2 is 1.94 bits per heavy atom. The first-order valence-electron chi connectivity index (χ1n) is 4.75. The Balaban J connectivity index is 2.54. The molecule has 2 aromatic rings. The van der Waals surface area contributed by atoms with E-state index in [1.165, 1.54) is 12.1 Å². The van der Waals surface area contributed by atoms with Crippen molar-refractivity contribution in [3.05, 3.63) is 36.0 Å². The topological polar surface area (TPSA) is 42.4 Å². The summed E-state index contributed by atoms with van der Waals surface area (Å²) in [5.74, 6) is -0.370. The number of aliphatic hydroxyl groups excluding tert-OH is 1. The number of nitrogens with zero attached hydrogens (tertiary/aromatic N) is 1. The van der Waals surface area contributed by atoms with Gasteiger partial charge in [0.25, 0.3) is 0 Å². The molecule has 17 heavy (non-hydrogen) atoms. The summed E-state index contributed by atoms with van der Waals surface area (Å²) >= 11 is 0. The molecule has 1 N–H and O–H groups in total. The number of hydrogen-bond donors (Lipinski definition) is 1. The third-order valence-electron chi connectivity index (χ3n) is 2.13. The molecule has 6 heteroatoms. The first-order chi connectivity index (χ1) is 7.99. The number of pyridine rings is 1. The van der Waals surface area contributed by atoms with Gasteiger partial charge in [0.2, 0.25) is 0 Å². The highest BCUT2D eigenvalue weighted by Crippen LogP contribution is 2.29. The van der Waals surface area contributed by atoms with Crippen LogP contribution < -0.4 is 4.74 Å². The van der Waals surface area contributed by atoms with Crippen LogP contribution in [0, 0.1) is 0 Å². The van der Waals surface area contributed by atoms with Crippen LogP contribution in [0.5, 0.6) is 5.75 Å². The smallest absolute Gasteiger partial charge is 0.403 e. The van der Waals surface area contributed by atoms with Crippen molar-refractivity contribution >= 4 is 10.9 Å². The van der Waals surface area contributed by atoms with Crippen molar-refractivity contribution in [1.82, 2.24) is 4.98 Å². The van der Waals surface area contributed by atoms with E-state index in [4.69, 9.17) is 5.11 Å². The standard InChI is InChI=1S/C11H8F3NO2/c12-11(13,14)17-9-3-1-2-7-4-5-8(6-16)15-10(7)9/h1-5,16H,6H2. The van der Waals surface area contributed by atoms with Crippen LogP contribution in [0.2, 0.25) is 0 Å². The molecule has 90 valence electrons. The van der Waals surface area contributed by atoms with Crippen LogP contribution in [-0.2, 0) is 6.61 Å². The average molecular weight is 243 g/mol. The molecule has 1 aromatic heterocycles. The third kappa shape index (κ3) is 2.65. The largest absolute Gasteiger partial charge is 0.573 e. The number of para-hydroxylation sites is 1. The molecule has 0 aliphatic rings. The molecule has 0 bridgehead atoms. The number of aliphatic hydroxyl groups is 1. The van der Waals surface area contributed by atoms with Gasteiger partial charge in [-0.05, 0) is 12.1 Å². The summed E-state index contributed by atoms with van der Waals surface area (Å²) in [6.07, 6.45) is -4.76. The van der Waals surface area contributed by atoms with Gasteiger partial charge in [-0.2, -0.15) is 0 Å². The molecule has 0 spiro atoms. The Kier molecular flexibility index (Phi) is 2.89. The van der Waals surface area contributed by atoms with Gasteiger partial charge in [-0.25, -0.2) is 4.98 Å². The molecule has 0 radical (unpaired) electrons. The number of rotatable bonds is 2. The lowest BCUT2D eigenvalue weighted by Crippen LogP contribution is -2.17. The minimum Gasteiger partial charge on any atom is -0.403 e. The molecule has 0 aliphatic carbocycles. The van der Waals surface area contributed by atoms with Crippen LogP contribution >= 0.6 is 0 Å². The second-order valence-electron chi connectivity index (χ2n) is 3.34. The van der Waals surface area contributed by atoms with Crippen LogP contribution in [0.25, 0.3) is 10.9 Å². The molecule has 0 saturated heterocycles. The fourth-order valence-electron chi connectivity index (χ4n) is 1.46. The number of fused-ring (bicyclic) bond motifs is 1. The quantitative estimate of drug-likeness (QED) is 0.881. The zero-order valence-electron chi connectivity index (χ0n) is 8.53. The van der Waals surface area contributed by atoms with Crippen molar-refractivity contribution in [2.24, 2.45) is 0 Å². The van der Waals surface area contributed by atoms with E-state index in [9.17, 15) is 13.2 Å². The van der Waals surface area contributed by atoms with Gasteiger partial charge in [0, 0.05) is 5.39 Å². The molecule has 3 nitrogen and oxygen atoms in total. The molecular weight excluding hydrogens is 235 g/mol. The molecular formula is C11H8F3NO2. The van der Waals surface area contributed by atoms with Gasteiger partial charge in [0.1, 0.15) is 5.52 Å². The maximum absolute atomic E-state index is 12.2. The summed E-state index contributed by atoms with van der Waals surface area (Å²) in [5, 5.41) is 9.41. The number of ether oxygens (including phenoxy) is 1. The van der Waals surface area contributed by atoms with Gasteiger partial charge in [0.15, 0.2) is 5.75 Å². The van der Waals surface area contributed by atoms with Crippen LogP contribution in [-0.4, -0.2) is 16.5 Å². The van der Waals surface area contributed by atoms with Crippen molar-refractivity contribution in [3.8, 4) is 5.75 Å². The highest BCUT2D eigenvalue weighted by molar-refractivity contribution is 5.84. The van der Waals surface area contributed by atoms with Crippen LogP contribution in [0.1, 0.15) is 5.69 Å². The maximum atomic E-state index is 12.2. The highest BCUT2D eigenvalue weighted by atomic mass is 19.4. The summed E-state index contributed by atoms with van der Waals surface area (Å²) in [6, 6.07) is 7.37. The van der Waals surface area contributed by atoms with Crippen LogP contribution in [0.3, 0.4) is 0 Å². The van der Waals surface area contributed by atoms with Crippen molar-refractivity contribution in [3.63, 3.8) is 0 Å². The van der Waals surface area contributed by atoms with E-state index in [0.717, 1.165) is 0 Å². The zero-order valence-corrected chi connectivity index (χ0v) is 8.53. The second kappa shape index (κ2) is 4.21. The number of aromatic nitrogens is 1. The van der Waals surface area contributed by atoms with Gasteiger partial charge < -0.3 is 9.84 Å². The minimum absolute atomic E-state index is 0.0800. The predicted molar refractivity (Wildman–Crippen MR) is 54.3 cm³/mol. The Bertz CT molecular complexity index is 540. The zero-order chi connectivity index (χ0) is 12.5. The fraction of sp³-hybridized carbons (Fsp3) is 0.182. The molecule has 1 aromatic carbocycles. The molecule has 0 atom stereocenters. The first-order valence-corrected chi connectivity index (χ1v) is 4.75. The van der Waals surface area contributed by atoms with Crippen molar-refractivity contribution in [1.29, 1.82) is 0 Å². The fourth-order valence-corrected chi connectivity index (χ4v) is 1.46. The lowest BCUT2D eigenvalue weighted by Gasteiger charge is -2.11. The number of halogens is 3. The van der Waals surface area contributed by atoms with E-state index in [1.807, 2.05) is 0 Å². The van der Waals surface area contributed by atoms with Crippen molar-refractivity contribution in [2.45, 2.75) is 13.0 Å². The summed E-state index contributed by atoms with van der Waals surface area (Å²) < 4.78 is 40.3. The van der Waals surface area contributed by atoms with Crippen LogP contribution in [0.4, 0.5) is 13.2 Å². The van der Waals surface area contributed by atoms with E-state index in [2.05, 4.69) is 9.72 Å². The Labute approximate surface area is 94.5 Å². The normalized spacial score (nSPS) is 11.8. The van der Waals surface area contributed by atoms with Gasteiger partial charge in [-0.3, -0.25) is 0 Å². The van der Waals surface area contributed by atoms with E-state index in [-0.39, 0.29) is 23.6 Å². The SMILES string of the molecule is OCc1ccc2cccc(OC(F)(F)F)c2n1.